The van der Waals surface area contributed by atoms with Gasteiger partial charge < -0.3 is 19.3 Å². The van der Waals surface area contributed by atoms with E-state index < -0.39 is 0 Å². The Labute approximate surface area is 155 Å². The summed E-state index contributed by atoms with van der Waals surface area (Å²) in [6.07, 6.45) is -0.829. The average Bonchev–Trinajstić information content (AvgIpc) is 2.69. The number of ether oxygens (including phenoxy) is 3. The Morgan fingerprint density at radius 2 is 1.31 bits per heavy atom. The van der Waals surface area contributed by atoms with Gasteiger partial charge in [-0.2, -0.15) is 0 Å². The fourth-order valence-electron chi connectivity index (χ4n) is 3.38. The largest absolute Gasteiger partial charge is 0.394 e. The minimum atomic E-state index is -0.384. The summed E-state index contributed by atoms with van der Waals surface area (Å²) in [6.45, 7) is 5.05. The number of rotatable bonds is 7. The smallest absolute Gasteiger partial charge is 0.113 e. The molecule has 4 nitrogen and oxygen atoms in total. The van der Waals surface area contributed by atoms with E-state index in [1.807, 2.05) is 55.5 Å². The molecule has 26 heavy (non-hydrogen) atoms. The number of aliphatic hydroxyl groups is 1. The molecule has 0 spiro atoms. The van der Waals surface area contributed by atoms with Gasteiger partial charge in [-0.3, -0.25) is 0 Å². The quantitative estimate of drug-likeness (QED) is 0.824. The van der Waals surface area contributed by atoms with Crippen molar-refractivity contribution in [1.29, 1.82) is 0 Å². The number of hydrogen-bond acceptors (Lipinski definition) is 4. The predicted octanol–water partition coefficient (Wildman–Crippen LogP) is 3.57. The van der Waals surface area contributed by atoms with E-state index in [-0.39, 0.29) is 36.9 Å². The van der Waals surface area contributed by atoms with Crippen LogP contribution in [0.3, 0.4) is 0 Å². The van der Waals surface area contributed by atoms with Crippen molar-refractivity contribution < 1.29 is 19.3 Å². The lowest BCUT2D eigenvalue weighted by Gasteiger charge is -2.44. The molecule has 2 aromatic rings. The molecule has 0 aromatic heterocycles. The van der Waals surface area contributed by atoms with E-state index in [0.29, 0.717) is 13.2 Å². The van der Waals surface area contributed by atoms with Crippen molar-refractivity contribution in [2.24, 2.45) is 5.92 Å². The van der Waals surface area contributed by atoms with Crippen molar-refractivity contribution in [3.05, 3.63) is 71.8 Å². The summed E-state index contributed by atoms with van der Waals surface area (Å²) in [5, 5.41) is 9.81. The molecule has 2 unspecified atom stereocenters. The predicted molar refractivity (Wildman–Crippen MR) is 101 cm³/mol. The highest BCUT2D eigenvalue weighted by Crippen LogP contribution is 2.31. The van der Waals surface area contributed by atoms with E-state index >= 15 is 0 Å². The summed E-state index contributed by atoms with van der Waals surface area (Å²) in [5.41, 5.74) is 2.22. The second-order valence-corrected chi connectivity index (χ2v) is 6.94. The van der Waals surface area contributed by atoms with Crippen molar-refractivity contribution in [3.63, 3.8) is 0 Å². The summed E-state index contributed by atoms with van der Waals surface area (Å²) in [4.78, 5) is 0. The van der Waals surface area contributed by atoms with E-state index in [9.17, 15) is 5.11 Å². The van der Waals surface area contributed by atoms with Gasteiger partial charge in [0.1, 0.15) is 12.2 Å². The molecule has 0 radical (unpaired) electrons. The van der Waals surface area contributed by atoms with Crippen LogP contribution < -0.4 is 0 Å². The van der Waals surface area contributed by atoms with Crippen LogP contribution in [0.25, 0.3) is 0 Å². The second-order valence-electron chi connectivity index (χ2n) is 6.94. The van der Waals surface area contributed by atoms with Gasteiger partial charge in [0.25, 0.3) is 0 Å². The Balaban J connectivity index is 1.71. The molecule has 5 atom stereocenters. The molecule has 3 rings (SSSR count). The van der Waals surface area contributed by atoms with Gasteiger partial charge in [0.05, 0.1) is 32.0 Å². The van der Waals surface area contributed by atoms with Crippen molar-refractivity contribution in [1.82, 2.24) is 0 Å². The molecular weight excluding hydrogens is 328 g/mol. The molecule has 0 aliphatic carbocycles. The maximum Gasteiger partial charge on any atom is 0.113 e. The van der Waals surface area contributed by atoms with E-state index in [0.717, 1.165) is 11.1 Å². The Kier molecular flexibility index (Phi) is 6.80. The minimum absolute atomic E-state index is 0.00417. The first-order chi connectivity index (χ1) is 12.7. The summed E-state index contributed by atoms with van der Waals surface area (Å²) in [5.74, 6) is 0.169. The van der Waals surface area contributed by atoms with Crippen LogP contribution >= 0.6 is 0 Å². The maximum absolute atomic E-state index is 9.81. The van der Waals surface area contributed by atoms with Crippen molar-refractivity contribution >= 4 is 0 Å². The van der Waals surface area contributed by atoms with Crippen LogP contribution in [0.4, 0.5) is 0 Å². The molecule has 0 saturated carbocycles. The molecule has 2 aromatic carbocycles. The highest BCUT2D eigenvalue weighted by molar-refractivity contribution is 5.14. The molecular formula is C22H28O4. The zero-order chi connectivity index (χ0) is 18.4. The zero-order valence-corrected chi connectivity index (χ0v) is 15.5. The first kappa shape index (κ1) is 19.1. The van der Waals surface area contributed by atoms with Crippen LogP contribution in [0.5, 0.6) is 0 Å². The third-order valence-electron chi connectivity index (χ3n) is 5.09. The average molecular weight is 356 g/mol. The zero-order valence-electron chi connectivity index (χ0n) is 15.5. The highest BCUT2D eigenvalue weighted by Gasteiger charge is 2.43. The topological polar surface area (TPSA) is 47.9 Å². The van der Waals surface area contributed by atoms with Crippen LogP contribution in [0.2, 0.25) is 0 Å². The number of hydrogen-bond donors (Lipinski definition) is 1. The Morgan fingerprint density at radius 1 is 0.808 bits per heavy atom. The van der Waals surface area contributed by atoms with Crippen LogP contribution in [0.15, 0.2) is 60.7 Å². The highest BCUT2D eigenvalue weighted by atomic mass is 16.6. The van der Waals surface area contributed by atoms with Crippen molar-refractivity contribution in [2.75, 3.05) is 6.61 Å². The summed E-state index contributed by atoms with van der Waals surface area (Å²) in [7, 11) is 0. The van der Waals surface area contributed by atoms with E-state index in [2.05, 4.69) is 19.1 Å². The van der Waals surface area contributed by atoms with Gasteiger partial charge in [0.2, 0.25) is 0 Å². The fraction of sp³-hybridized carbons (Fsp3) is 0.455. The molecule has 0 amide bonds. The molecule has 1 fully saturated rings. The molecule has 4 heteroatoms. The normalized spacial score (nSPS) is 28.8. The van der Waals surface area contributed by atoms with Gasteiger partial charge in [-0.15, -0.1) is 0 Å². The van der Waals surface area contributed by atoms with Crippen LogP contribution in [-0.2, 0) is 27.4 Å². The third-order valence-corrected chi connectivity index (χ3v) is 5.09. The number of benzene rings is 2. The summed E-state index contributed by atoms with van der Waals surface area (Å²) < 4.78 is 18.4. The molecule has 1 heterocycles. The standard InChI is InChI=1S/C22H28O4/c1-16-17(2)26-20(13-23)22(25-15-19-11-7-4-8-12-19)21(16)24-14-18-9-5-3-6-10-18/h3-12,16-17,20-23H,13-15H2,1-2H3/t16-,17+,20?,21?,22-/m0/s1. The molecule has 1 saturated heterocycles. The Bertz CT molecular complexity index is 602. The van der Waals surface area contributed by atoms with Crippen LogP contribution in [0, 0.1) is 5.92 Å². The fourth-order valence-corrected chi connectivity index (χ4v) is 3.38. The Hall–Kier alpha value is -1.72. The van der Waals surface area contributed by atoms with Gasteiger partial charge in [0.15, 0.2) is 0 Å². The van der Waals surface area contributed by atoms with Gasteiger partial charge in [-0.25, -0.2) is 0 Å². The minimum Gasteiger partial charge on any atom is -0.394 e. The first-order valence-corrected chi connectivity index (χ1v) is 9.26. The summed E-state index contributed by atoms with van der Waals surface area (Å²) in [6, 6.07) is 20.2. The lowest BCUT2D eigenvalue weighted by Crippen LogP contribution is -2.56. The monoisotopic (exact) mass is 356 g/mol. The van der Waals surface area contributed by atoms with Gasteiger partial charge in [0, 0.05) is 5.92 Å². The van der Waals surface area contributed by atoms with Crippen LogP contribution in [0.1, 0.15) is 25.0 Å². The van der Waals surface area contributed by atoms with Crippen molar-refractivity contribution in [2.45, 2.75) is 51.5 Å². The molecule has 1 N–H and O–H groups in total. The molecule has 1 aliphatic heterocycles. The molecule has 0 bridgehead atoms. The number of aliphatic hydroxyl groups excluding tert-OH is 1. The van der Waals surface area contributed by atoms with E-state index in [4.69, 9.17) is 14.2 Å². The lowest BCUT2D eigenvalue weighted by atomic mass is 9.88. The third kappa shape index (κ3) is 4.71. The molecule has 140 valence electrons. The second kappa shape index (κ2) is 9.28. The van der Waals surface area contributed by atoms with Gasteiger partial charge in [-0.05, 0) is 18.1 Å². The van der Waals surface area contributed by atoms with E-state index in [1.165, 1.54) is 0 Å². The maximum atomic E-state index is 9.81. The first-order valence-electron chi connectivity index (χ1n) is 9.26. The SMILES string of the molecule is C[C@@H]1C(OCc2ccccc2)[C@@H](OCc2ccccc2)C(CO)O[C@@H]1C. The van der Waals surface area contributed by atoms with Gasteiger partial charge >= 0.3 is 0 Å². The van der Waals surface area contributed by atoms with Gasteiger partial charge in [-0.1, -0.05) is 67.6 Å². The Morgan fingerprint density at radius 3 is 1.81 bits per heavy atom. The van der Waals surface area contributed by atoms with E-state index in [1.54, 1.807) is 0 Å². The molecule has 1 aliphatic rings. The summed E-state index contributed by atoms with van der Waals surface area (Å²) >= 11 is 0. The lowest BCUT2D eigenvalue weighted by molar-refractivity contribution is -0.234. The van der Waals surface area contributed by atoms with Crippen LogP contribution in [-0.4, -0.2) is 36.1 Å². The van der Waals surface area contributed by atoms with Crippen molar-refractivity contribution in [3.8, 4) is 0 Å².